The zero-order valence-electron chi connectivity index (χ0n) is 13.3. The second kappa shape index (κ2) is 6.06. The molecule has 3 rings (SSSR count). The minimum absolute atomic E-state index is 0.0928. The van der Waals surface area contributed by atoms with E-state index < -0.39 is 17.3 Å². The number of rotatable bonds is 3. The number of thiazole rings is 1. The van der Waals surface area contributed by atoms with Crippen molar-refractivity contribution in [3.8, 4) is 0 Å². The number of hydrogen-bond acceptors (Lipinski definition) is 6. The van der Waals surface area contributed by atoms with Crippen molar-refractivity contribution in [2.24, 2.45) is 7.05 Å². The highest BCUT2D eigenvalue weighted by molar-refractivity contribution is 7.15. The summed E-state index contributed by atoms with van der Waals surface area (Å²) in [6, 6.07) is -0.282. The number of nitrogens with zero attached hydrogens (tertiary/aromatic N) is 4. The van der Waals surface area contributed by atoms with E-state index in [4.69, 9.17) is 16.3 Å². The lowest BCUT2D eigenvalue weighted by Crippen LogP contribution is -2.38. The lowest BCUT2D eigenvalue weighted by atomic mass is 10.2. The summed E-state index contributed by atoms with van der Waals surface area (Å²) in [5, 5.41) is 10.2. The van der Waals surface area contributed by atoms with Crippen LogP contribution >= 0.6 is 22.9 Å². The normalized spacial score (nSPS) is 17.8. The third-order valence-electron chi connectivity index (χ3n) is 3.88. The Hall–Kier alpha value is -2.13. The molecule has 0 saturated heterocycles. The van der Waals surface area contributed by atoms with E-state index in [1.165, 1.54) is 15.9 Å². The molecular weight excluding hydrogens is 356 g/mol. The first kappa shape index (κ1) is 16.7. The first-order valence-electron chi connectivity index (χ1n) is 7.23. The number of imidazole rings is 1. The molecule has 10 heteroatoms. The summed E-state index contributed by atoms with van der Waals surface area (Å²) in [4.78, 5) is 29.4. The Morgan fingerprint density at radius 3 is 2.92 bits per heavy atom. The molecule has 1 atom stereocenters. The highest BCUT2D eigenvalue weighted by atomic mass is 35.5. The van der Waals surface area contributed by atoms with Gasteiger partial charge in [-0.2, -0.15) is 4.57 Å². The number of aromatic nitrogens is 3. The van der Waals surface area contributed by atoms with Crippen LogP contribution in [-0.2, 0) is 16.6 Å². The van der Waals surface area contributed by atoms with Gasteiger partial charge in [0.25, 0.3) is 0 Å². The molecule has 0 aromatic carbocycles. The van der Waals surface area contributed by atoms with Gasteiger partial charge in [-0.05, 0) is 6.92 Å². The predicted molar refractivity (Wildman–Crippen MR) is 88.9 cm³/mol. The number of carbonyl (C=O) groups excluding carboxylic acids is 1. The quantitative estimate of drug-likeness (QED) is 0.566. The Morgan fingerprint density at radius 1 is 1.62 bits per heavy atom. The van der Waals surface area contributed by atoms with E-state index in [0.29, 0.717) is 16.6 Å². The molecule has 1 unspecified atom stereocenters. The van der Waals surface area contributed by atoms with E-state index in [-0.39, 0.29) is 18.0 Å². The zero-order valence-corrected chi connectivity index (χ0v) is 14.9. The lowest BCUT2D eigenvalue weighted by Gasteiger charge is -2.06. The maximum atomic E-state index is 12.6. The van der Waals surface area contributed by atoms with Gasteiger partial charge in [0, 0.05) is 6.20 Å². The molecule has 1 aliphatic heterocycles. The maximum Gasteiger partial charge on any atom is 0.377 e. The Morgan fingerprint density at radius 2 is 2.33 bits per heavy atom. The zero-order chi connectivity index (χ0) is 17.6. The molecule has 128 valence electrons. The van der Waals surface area contributed by atoms with Crippen molar-refractivity contribution >= 4 is 34.7 Å². The monoisotopic (exact) mass is 371 g/mol. The van der Waals surface area contributed by atoms with Crippen LogP contribution in [0.4, 0.5) is 0 Å². The number of fused-ring (bicyclic) bond motifs is 1. The van der Waals surface area contributed by atoms with Crippen LogP contribution in [0.5, 0.6) is 0 Å². The van der Waals surface area contributed by atoms with Gasteiger partial charge in [-0.25, -0.2) is 19.1 Å². The van der Waals surface area contributed by atoms with Crippen LogP contribution in [0.25, 0.3) is 5.76 Å². The molecule has 1 N–H and O–H groups in total. The van der Waals surface area contributed by atoms with E-state index in [9.17, 15) is 14.7 Å². The van der Waals surface area contributed by atoms with Crippen molar-refractivity contribution in [2.75, 3.05) is 20.2 Å². The molecule has 1 aliphatic rings. The number of hydrogen-bond donors (Lipinski definition) is 1. The van der Waals surface area contributed by atoms with Crippen LogP contribution < -0.4 is 21.1 Å². The molecule has 24 heavy (non-hydrogen) atoms. The number of carbonyl (C=O) groups is 1. The van der Waals surface area contributed by atoms with E-state index in [2.05, 4.69) is 4.98 Å². The first-order valence-corrected chi connectivity index (χ1v) is 8.43. The molecule has 0 spiro atoms. The van der Waals surface area contributed by atoms with Crippen LogP contribution in [0, 0.1) is 0 Å². The van der Waals surface area contributed by atoms with Crippen molar-refractivity contribution in [1.29, 1.82) is 0 Å². The summed E-state index contributed by atoms with van der Waals surface area (Å²) in [7, 11) is 3.42. The van der Waals surface area contributed by atoms with Crippen LogP contribution in [-0.4, -0.2) is 45.4 Å². The number of esters is 1. The minimum Gasteiger partial charge on any atom is -0.499 e. The maximum absolute atomic E-state index is 12.6. The fraction of sp³-hybridized carbons (Fsp3) is 0.429. The van der Waals surface area contributed by atoms with Gasteiger partial charge >= 0.3 is 17.1 Å². The van der Waals surface area contributed by atoms with E-state index in [1.807, 2.05) is 11.6 Å². The lowest BCUT2D eigenvalue weighted by molar-refractivity contribution is -0.138. The smallest absolute Gasteiger partial charge is 0.377 e. The topological polar surface area (TPSA) is 89.4 Å². The summed E-state index contributed by atoms with van der Waals surface area (Å²) in [6.07, 6.45) is 1.64. The highest BCUT2D eigenvalue weighted by Gasteiger charge is 2.36. The summed E-state index contributed by atoms with van der Waals surface area (Å²) in [5.41, 5.74) is 0.114. The molecule has 0 aliphatic carbocycles. The molecule has 0 saturated carbocycles. The van der Waals surface area contributed by atoms with Crippen molar-refractivity contribution in [3.05, 3.63) is 36.9 Å². The Balaban J connectivity index is 2.33. The fourth-order valence-electron chi connectivity index (χ4n) is 2.92. The van der Waals surface area contributed by atoms with Gasteiger partial charge in [0.2, 0.25) is 11.1 Å². The molecular formula is C14H16ClN4O4S+. The van der Waals surface area contributed by atoms with E-state index in [0.717, 1.165) is 4.88 Å². The number of halogens is 1. The molecule has 0 bridgehead atoms. The SMILES string of the molecule is CCOC(=O)/C(O)=c1\c(=O)n(C)c2n1C(c1cnc(Cl)s1)C[N+]=2C. The summed E-state index contributed by atoms with van der Waals surface area (Å²) >= 11 is 7.21. The number of aliphatic hydroxyl groups excluding tert-OH is 1. The van der Waals surface area contributed by atoms with Crippen LogP contribution in [0.3, 0.4) is 0 Å². The van der Waals surface area contributed by atoms with Crippen LogP contribution in [0.1, 0.15) is 17.8 Å². The molecule has 0 radical (unpaired) electrons. The number of aliphatic hydroxyl groups is 1. The predicted octanol–water partition coefficient (Wildman–Crippen LogP) is -0.750. The van der Waals surface area contributed by atoms with Gasteiger partial charge < -0.3 is 9.84 Å². The molecule has 0 amide bonds. The van der Waals surface area contributed by atoms with Gasteiger partial charge in [0.05, 0.1) is 25.6 Å². The van der Waals surface area contributed by atoms with Crippen molar-refractivity contribution in [1.82, 2.24) is 18.7 Å². The molecule has 2 aromatic rings. The second-order valence-electron chi connectivity index (χ2n) is 5.36. The third-order valence-corrected chi connectivity index (χ3v) is 5.10. The number of likely N-dealkylation sites (N-methyl/N-ethyl adjacent to an activating group) is 1. The van der Waals surface area contributed by atoms with Gasteiger partial charge in [0.15, 0.2) is 4.47 Å². The molecule has 0 fully saturated rings. The van der Waals surface area contributed by atoms with Gasteiger partial charge in [-0.3, -0.25) is 4.58 Å². The average Bonchev–Trinajstić information content (AvgIpc) is 3.17. The van der Waals surface area contributed by atoms with Crippen LogP contribution in [0.15, 0.2) is 11.0 Å². The van der Waals surface area contributed by atoms with Crippen LogP contribution in [0.2, 0.25) is 4.47 Å². The highest BCUT2D eigenvalue weighted by Crippen LogP contribution is 2.26. The fourth-order valence-corrected chi connectivity index (χ4v) is 3.96. The number of ether oxygens (including phenoxy) is 1. The van der Waals surface area contributed by atoms with E-state index in [1.54, 1.807) is 24.7 Å². The summed E-state index contributed by atoms with van der Waals surface area (Å²) in [6.45, 7) is 2.29. The van der Waals surface area contributed by atoms with Gasteiger partial charge in [-0.1, -0.05) is 11.6 Å². The average molecular weight is 372 g/mol. The largest absolute Gasteiger partial charge is 0.499 e. The van der Waals surface area contributed by atoms with Gasteiger partial charge in [-0.15, -0.1) is 11.3 Å². The minimum atomic E-state index is -0.925. The summed E-state index contributed by atoms with van der Waals surface area (Å²) < 4.78 is 10.1. The molecule has 2 aromatic heterocycles. The van der Waals surface area contributed by atoms with Crippen molar-refractivity contribution in [2.45, 2.75) is 13.0 Å². The Bertz CT molecular complexity index is 1000. The van der Waals surface area contributed by atoms with Gasteiger partial charge in [0.1, 0.15) is 12.6 Å². The molecule has 3 heterocycles. The standard InChI is InChI=1S/C14H15ClN4O4S/c1-4-23-12(22)10(20)9-11(21)18(3)14-17(2)6-7(19(9)14)8-5-16-13(15)24-8/h5,7H,4,6H2,1-3H3/p+1. The van der Waals surface area contributed by atoms with Crippen molar-refractivity contribution in [3.63, 3.8) is 0 Å². The summed E-state index contributed by atoms with van der Waals surface area (Å²) in [5.74, 6) is -1.62. The third kappa shape index (κ3) is 2.44. The first-order chi connectivity index (χ1) is 11.4. The Labute approximate surface area is 145 Å². The van der Waals surface area contributed by atoms with Crippen molar-refractivity contribution < 1.29 is 14.6 Å². The Kier molecular flexibility index (Phi) is 4.22. The second-order valence-corrected chi connectivity index (χ2v) is 7.01. The molecule has 8 nitrogen and oxygen atoms in total. The van der Waals surface area contributed by atoms with E-state index >= 15 is 0 Å².